The summed E-state index contributed by atoms with van der Waals surface area (Å²) in [5, 5.41) is 3.66. The van der Waals surface area contributed by atoms with Crippen molar-refractivity contribution in [2.75, 3.05) is 19.7 Å². The van der Waals surface area contributed by atoms with Crippen molar-refractivity contribution < 1.29 is 4.74 Å². The molecule has 0 heterocycles. The van der Waals surface area contributed by atoms with Gasteiger partial charge in [-0.25, -0.2) is 0 Å². The standard InChI is InChI=1S/C19H31NO/c1-4-21-19-12-8-7-11-18(19)17-10-6-5-9-16(17)14-20-13-15(2)3/h7-8,11-12,15-17,20H,4-6,9-10,13-14H2,1-3H3. The predicted octanol–water partition coefficient (Wildman–Crippen LogP) is 4.60. The van der Waals surface area contributed by atoms with Crippen molar-refractivity contribution in [1.82, 2.24) is 5.32 Å². The van der Waals surface area contributed by atoms with E-state index >= 15 is 0 Å². The van der Waals surface area contributed by atoms with E-state index in [0.29, 0.717) is 5.92 Å². The summed E-state index contributed by atoms with van der Waals surface area (Å²) in [4.78, 5) is 0. The van der Waals surface area contributed by atoms with E-state index in [9.17, 15) is 0 Å². The summed E-state index contributed by atoms with van der Waals surface area (Å²) in [6, 6.07) is 8.65. The normalized spacial score (nSPS) is 22.5. The Bertz CT molecular complexity index is 416. The Morgan fingerprint density at radius 1 is 1.19 bits per heavy atom. The zero-order chi connectivity index (χ0) is 15.1. The van der Waals surface area contributed by atoms with E-state index < -0.39 is 0 Å². The van der Waals surface area contributed by atoms with Crippen molar-refractivity contribution in [1.29, 1.82) is 0 Å². The molecule has 0 bridgehead atoms. The number of nitrogens with one attached hydrogen (secondary N) is 1. The van der Waals surface area contributed by atoms with Gasteiger partial charge in [0.2, 0.25) is 0 Å². The van der Waals surface area contributed by atoms with Gasteiger partial charge in [-0.3, -0.25) is 0 Å². The zero-order valence-electron chi connectivity index (χ0n) is 13.9. The molecule has 2 nitrogen and oxygen atoms in total. The highest BCUT2D eigenvalue weighted by molar-refractivity contribution is 5.37. The molecule has 1 aromatic rings. The summed E-state index contributed by atoms with van der Waals surface area (Å²) in [5.74, 6) is 3.23. The average Bonchev–Trinajstić information content (AvgIpc) is 2.48. The molecule has 21 heavy (non-hydrogen) atoms. The molecule has 2 atom stereocenters. The van der Waals surface area contributed by atoms with Crippen LogP contribution < -0.4 is 10.1 Å². The molecule has 1 aliphatic carbocycles. The maximum atomic E-state index is 5.86. The quantitative estimate of drug-likeness (QED) is 0.791. The highest BCUT2D eigenvalue weighted by atomic mass is 16.5. The molecule has 0 saturated heterocycles. The summed E-state index contributed by atoms with van der Waals surface area (Å²) in [7, 11) is 0. The van der Waals surface area contributed by atoms with Crippen molar-refractivity contribution in [3.05, 3.63) is 29.8 Å². The fourth-order valence-electron chi connectivity index (χ4n) is 3.49. The fourth-order valence-corrected chi connectivity index (χ4v) is 3.49. The summed E-state index contributed by atoms with van der Waals surface area (Å²) >= 11 is 0. The maximum Gasteiger partial charge on any atom is 0.122 e. The molecule has 2 rings (SSSR count). The molecule has 1 N–H and O–H groups in total. The van der Waals surface area contributed by atoms with Crippen LogP contribution in [0.3, 0.4) is 0 Å². The number of hydrogen-bond acceptors (Lipinski definition) is 2. The van der Waals surface area contributed by atoms with Gasteiger partial charge in [0, 0.05) is 0 Å². The molecule has 1 aliphatic rings. The predicted molar refractivity (Wildman–Crippen MR) is 90.0 cm³/mol. The number of para-hydroxylation sites is 1. The van der Waals surface area contributed by atoms with Crippen LogP contribution in [-0.2, 0) is 0 Å². The first-order valence-corrected chi connectivity index (χ1v) is 8.64. The number of benzene rings is 1. The molecule has 1 saturated carbocycles. The Kier molecular flexibility index (Phi) is 6.56. The first-order chi connectivity index (χ1) is 10.2. The van der Waals surface area contributed by atoms with Gasteiger partial charge in [-0.15, -0.1) is 0 Å². The van der Waals surface area contributed by atoms with Crippen LogP contribution in [0.2, 0.25) is 0 Å². The topological polar surface area (TPSA) is 21.3 Å². The van der Waals surface area contributed by atoms with Crippen LogP contribution in [0.1, 0.15) is 57.9 Å². The third kappa shape index (κ3) is 4.74. The highest BCUT2D eigenvalue weighted by Crippen LogP contribution is 2.41. The Morgan fingerprint density at radius 2 is 1.95 bits per heavy atom. The summed E-state index contributed by atoms with van der Waals surface area (Å²) in [6.07, 6.45) is 5.38. The molecule has 2 unspecified atom stereocenters. The second kappa shape index (κ2) is 8.43. The largest absolute Gasteiger partial charge is 0.494 e. The zero-order valence-corrected chi connectivity index (χ0v) is 13.9. The molecular formula is C19H31NO. The van der Waals surface area contributed by atoms with Crippen molar-refractivity contribution in [2.24, 2.45) is 11.8 Å². The number of hydrogen-bond donors (Lipinski definition) is 1. The fraction of sp³-hybridized carbons (Fsp3) is 0.684. The lowest BCUT2D eigenvalue weighted by Gasteiger charge is -2.33. The van der Waals surface area contributed by atoms with Crippen LogP contribution >= 0.6 is 0 Å². The van der Waals surface area contributed by atoms with Gasteiger partial charge in [-0.05, 0) is 62.2 Å². The van der Waals surface area contributed by atoms with Crippen LogP contribution in [0, 0.1) is 11.8 Å². The minimum Gasteiger partial charge on any atom is -0.494 e. The minimum absolute atomic E-state index is 0.654. The van der Waals surface area contributed by atoms with Crippen LogP contribution in [-0.4, -0.2) is 19.7 Å². The van der Waals surface area contributed by atoms with E-state index in [1.54, 1.807) is 0 Å². The third-order valence-electron chi connectivity index (χ3n) is 4.49. The summed E-state index contributed by atoms with van der Waals surface area (Å²) in [5.41, 5.74) is 1.43. The molecular weight excluding hydrogens is 258 g/mol. The van der Waals surface area contributed by atoms with Gasteiger partial charge in [-0.2, -0.15) is 0 Å². The third-order valence-corrected chi connectivity index (χ3v) is 4.49. The van der Waals surface area contributed by atoms with E-state index in [-0.39, 0.29) is 0 Å². The van der Waals surface area contributed by atoms with E-state index in [4.69, 9.17) is 4.74 Å². The van der Waals surface area contributed by atoms with E-state index in [1.807, 2.05) is 0 Å². The molecule has 118 valence electrons. The Labute approximate surface area is 130 Å². The van der Waals surface area contributed by atoms with Gasteiger partial charge >= 0.3 is 0 Å². The lowest BCUT2D eigenvalue weighted by molar-refractivity contribution is 0.277. The van der Waals surface area contributed by atoms with Gasteiger partial charge in [0.05, 0.1) is 6.61 Å². The van der Waals surface area contributed by atoms with E-state index in [1.165, 1.54) is 31.2 Å². The second-order valence-electron chi connectivity index (χ2n) is 6.67. The second-order valence-corrected chi connectivity index (χ2v) is 6.67. The monoisotopic (exact) mass is 289 g/mol. The molecule has 0 radical (unpaired) electrons. The molecule has 1 aromatic carbocycles. The summed E-state index contributed by atoms with van der Waals surface area (Å²) in [6.45, 7) is 9.63. The molecule has 2 heteroatoms. The Balaban J connectivity index is 2.07. The van der Waals surface area contributed by atoms with Gasteiger partial charge in [0.25, 0.3) is 0 Å². The van der Waals surface area contributed by atoms with Crippen LogP contribution in [0.25, 0.3) is 0 Å². The van der Waals surface area contributed by atoms with E-state index in [2.05, 4.69) is 50.4 Å². The lowest BCUT2D eigenvalue weighted by Crippen LogP contribution is -2.31. The first kappa shape index (κ1) is 16.4. The molecule has 0 amide bonds. The smallest absolute Gasteiger partial charge is 0.122 e. The Hall–Kier alpha value is -1.02. The van der Waals surface area contributed by atoms with Crippen LogP contribution in [0.15, 0.2) is 24.3 Å². The molecule has 1 fully saturated rings. The van der Waals surface area contributed by atoms with E-state index in [0.717, 1.165) is 37.3 Å². The van der Waals surface area contributed by atoms with Crippen molar-refractivity contribution in [3.63, 3.8) is 0 Å². The van der Waals surface area contributed by atoms with Crippen molar-refractivity contribution >= 4 is 0 Å². The molecule has 0 spiro atoms. The first-order valence-electron chi connectivity index (χ1n) is 8.64. The summed E-state index contributed by atoms with van der Waals surface area (Å²) < 4.78 is 5.86. The Morgan fingerprint density at radius 3 is 2.71 bits per heavy atom. The van der Waals surface area contributed by atoms with Gasteiger partial charge in [0.1, 0.15) is 5.75 Å². The highest BCUT2D eigenvalue weighted by Gasteiger charge is 2.28. The maximum absolute atomic E-state index is 5.86. The molecule has 0 aliphatic heterocycles. The SMILES string of the molecule is CCOc1ccccc1C1CCCCC1CNCC(C)C. The number of rotatable bonds is 7. The average molecular weight is 289 g/mol. The minimum atomic E-state index is 0.654. The van der Waals surface area contributed by atoms with Crippen molar-refractivity contribution in [3.8, 4) is 5.75 Å². The van der Waals surface area contributed by atoms with Crippen LogP contribution in [0.5, 0.6) is 5.75 Å². The van der Waals surface area contributed by atoms with Crippen LogP contribution in [0.4, 0.5) is 0 Å². The lowest BCUT2D eigenvalue weighted by atomic mass is 9.75. The van der Waals surface area contributed by atoms with Gasteiger partial charge < -0.3 is 10.1 Å². The van der Waals surface area contributed by atoms with Gasteiger partial charge in [-0.1, -0.05) is 44.9 Å². The number of ether oxygens (including phenoxy) is 1. The van der Waals surface area contributed by atoms with Gasteiger partial charge in [0.15, 0.2) is 0 Å². The molecule has 0 aromatic heterocycles. The van der Waals surface area contributed by atoms with Crippen molar-refractivity contribution in [2.45, 2.75) is 52.4 Å².